The number of nitrogens with zero attached hydrogens (tertiary/aromatic N) is 1. The Balaban J connectivity index is 0.000000154. The number of ether oxygens (including phenoxy) is 1. The number of benzene rings is 17. The van der Waals surface area contributed by atoms with Gasteiger partial charge in [-0.1, -0.05) is 355 Å². The third-order valence-corrected chi connectivity index (χ3v) is 46.5. The first-order chi connectivity index (χ1) is 64.4. The molecule has 4 N–H and O–H groups in total. The van der Waals surface area contributed by atoms with Crippen molar-refractivity contribution in [3.63, 3.8) is 0 Å². The van der Waals surface area contributed by atoms with E-state index in [0.29, 0.717) is 0 Å². The summed E-state index contributed by atoms with van der Waals surface area (Å²) in [5.74, 6) is -1.38. The molecule has 0 amide bonds. The molecular weight excluding hydrogens is 2310 g/mol. The molecule has 1 saturated heterocycles. The number of para-hydroxylation sites is 4. The number of fused-ring (bicyclic) bond motifs is 14. The number of halogens is 10. The van der Waals surface area contributed by atoms with Crippen LogP contribution in [0.4, 0.5) is 8.78 Å². The van der Waals surface area contributed by atoms with Crippen molar-refractivity contribution < 1.29 is 133 Å². The Hall–Kier alpha value is -5.02. The van der Waals surface area contributed by atoms with Gasteiger partial charge in [0.2, 0.25) is 0 Å². The molecule has 0 spiro atoms. The molecule has 0 saturated carbocycles. The normalized spacial score (nSPS) is 12.7. The minimum absolute atomic E-state index is 0. The van der Waals surface area contributed by atoms with Gasteiger partial charge in [-0.25, -0.2) is 8.78 Å². The van der Waals surface area contributed by atoms with Gasteiger partial charge in [0.15, 0.2) is 16.1 Å². The second-order valence-corrected chi connectivity index (χ2v) is 50.0. The Morgan fingerprint density at radius 1 is 0.397 bits per heavy atom. The fraction of sp³-hybridized carbons (Fsp3) is 0.0463. The van der Waals surface area contributed by atoms with E-state index in [1.165, 1.54) is 138 Å². The second-order valence-electron chi connectivity index (χ2n) is 30.2. The summed E-state index contributed by atoms with van der Waals surface area (Å²) in [4.78, 5) is 31.0. The van der Waals surface area contributed by atoms with Crippen molar-refractivity contribution in [3.05, 3.63) is 425 Å². The average molecular weight is 2390 g/mol. The van der Waals surface area contributed by atoms with Gasteiger partial charge >= 0.3 is 103 Å². The molecule has 0 atom stereocenters. The predicted molar refractivity (Wildman–Crippen MR) is 588 cm³/mol. The zero-order valence-corrected chi connectivity index (χ0v) is 96.4. The molecule has 0 unspecified atom stereocenters. The van der Waals surface area contributed by atoms with Crippen molar-refractivity contribution in [2.45, 2.75) is 83.9 Å². The summed E-state index contributed by atoms with van der Waals surface area (Å²) in [5.41, 5.74) is 6.17. The van der Waals surface area contributed by atoms with Gasteiger partial charge in [-0.15, -0.1) is 12.6 Å². The third kappa shape index (κ3) is 23.8. The molecule has 17 aromatic carbocycles. The van der Waals surface area contributed by atoms with E-state index < -0.39 is 27.8 Å². The summed E-state index contributed by atoms with van der Waals surface area (Å²) in [5, 5.41) is 27.2. The standard InChI is InChI=1S/C36H23NS2Si.C24H15ClS2Si.C18H10Br3ClS2.C12H9N.C6H2BrClF2.C6H5BrS.C4H8O.CH2O3.CH4.2K.H3N.H/c1-2-12-25(13-3-1)40-34-20-10-8-18-30(34)38-32-22-24(23-33(36(32)40)39-31-19-9-11-21-35(31)40)37-28-16-6-4-14-26(28)27-15-5-7-17-29(27)37;25-16-14-20-24-21(15-16)27-19-11-5-7-13-23(19)28(24,17-8-2-1-3-9-17)22-12-6-4-10-18(22)26-20;19-12-5-1-3-7-14(12)23-16-9-11(22)10-17(18(16)21)24-15-8-4-2-6-13(15)20;1-3-7-11-9(5-1)10-6-2-4-8-12(10)13-11;7-6-4(9)1-3(8)2-5(6)10;7-5-3-1-2-4-6(5)8;1-2-4-5-3-1;2-1-4-3;;;;;/h1-23H;1-15H;1-10H;1-8,13H;1-2H;1-4,8H;1-4H2;1,3H;1H4;;;1H3;/q;;;;;;;;;2*+1;;-1/p-1. The third-order valence-electron chi connectivity index (χ3n) is 22.3. The number of nitrogens with one attached hydrogen (secondary N) is 1. The molecule has 1 fully saturated rings. The van der Waals surface area contributed by atoms with Gasteiger partial charge in [0.05, 0.1) is 15.5 Å². The van der Waals surface area contributed by atoms with E-state index in [0.717, 1.165) is 77.8 Å². The molecular formula is C108H81Br5Cl3F2K2N3O4S7Si2. The summed E-state index contributed by atoms with van der Waals surface area (Å²) in [6, 6.07) is 133. The zero-order chi connectivity index (χ0) is 91.4. The first-order valence-electron chi connectivity index (χ1n) is 41.5. The van der Waals surface area contributed by atoms with Gasteiger partial charge in [0.1, 0.15) is 11.6 Å². The maximum atomic E-state index is 12.5. The summed E-state index contributed by atoms with van der Waals surface area (Å²) >= 11 is 50.4. The van der Waals surface area contributed by atoms with Crippen LogP contribution in [-0.4, -0.2) is 45.4 Å². The van der Waals surface area contributed by atoms with Crippen LogP contribution in [0.3, 0.4) is 0 Å². The Morgan fingerprint density at radius 2 is 0.713 bits per heavy atom. The van der Waals surface area contributed by atoms with Crippen LogP contribution in [0, 0.1) is 11.6 Å². The molecule has 674 valence electrons. The zero-order valence-electron chi connectivity index (χ0n) is 73.2. The maximum absolute atomic E-state index is 12.5. The van der Waals surface area contributed by atoms with Crippen molar-refractivity contribution in [2.75, 3.05) is 13.2 Å². The number of carbonyl (C=O) groups excluding carboxylic acids is 1. The summed E-state index contributed by atoms with van der Waals surface area (Å²) in [6.45, 7) is 1.82. The monoisotopic (exact) mass is 2380 g/mol. The average Bonchev–Trinajstić information content (AvgIpc) is 1.67. The predicted octanol–water partition coefficient (Wildman–Crippen LogP) is 24.3. The molecule has 7 nitrogen and oxygen atoms in total. The van der Waals surface area contributed by atoms with Crippen LogP contribution < -0.4 is 156 Å². The van der Waals surface area contributed by atoms with Gasteiger partial charge in [0, 0.05) is 148 Å². The number of thiol groups is 1. The number of rotatable bonds is 8. The van der Waals surface area contributed by atoms with Crippen LogP contribution in [0.15, 0.2) is 462 Å². The number of H-pyrrole nitrogens is 1. The van der Waals surface area contributed by atoms with Crippen LogP contribution in [0.25, 0.3) is 49.3 Å². The second kappa shape index (κ2) is 51.0. The maximum Gasteiger partial charge on any atom is 1.00 e. The Bertz CT molecular complexity index is 7120. The van der Waals surface area contributed by atoms with E-state index in [1.807, 2.05) is 120 Å². The Labute approximate surface area is 967 Å². The first kappa shape index (κ1) is 108. The van der Waals surface area contributed by atoms with Gasteiger partial charge in [-0.05, 0) is 267 Å². The van der Waals surface area contributed by atoms with E-state index in [1.54, 1.807) is 28.7 Å². The topological polar surface area (TPSA) is 114 Å². The molecule has 5 aliphatic heterocycles. The molecule has 28 heteroatoms. The Kier molecular flexibility index (Phi) is 40.6. The minimum Gasteiger partial charge on any atom is -1.00 e. The van der Waals surface area contributed by atoms with Crippen molar-refractivity contribution >= 4 is 305 Å². The van der Waals surface area contributed by atoms with E-state index in [9.17, 15) is 8.78 Å². The fourth-order valence-electron chi connectivity index (χ4n) is 16.8. The van der Waals surface area contributed by atoms with Gasteiger partial charge < -0.3 is 32.0 Å². The molecule has 19 aromatic rings. The van der Waals surface area contributed by atoms with Crippen LogP contribution >= 0.6 is 198 Å². The van der Waals surface area contributed by atoms with Crippen LogP contribution in [0.2, 0.25) is 15.1 Å². The summed E-state index contributed by atoms with van der Waals surface area (Å²) in [6.07, 6.45) is 2.56. The number of hydrogen-bond acceptors (Lipinski definition) is 12. The van der Waals surface area contributed by atoms with Crippen molar-refractivity contribution in [2.24, 2.45) is 0 Å². The van der Waals surface area contributed by atoms with Crippen molar-refractivity contribution in [1.29, 1.82) is 0 Å². The fourth-order valence-corrected chi connectivity index (χ4v) is 40.8. The Morgan fingerprint density at radius 3 is 1.07 bits per heavy atom. The van der Waals surface area contributed by atoms with Gasteiger partial charge in [-0.3, -0.25) is 4.79 Å². The quantitative estimate of drug-likeness (QED) is 0.0257. The number of aromatic nitrogens is 2. The van der Waals surface area contributed by atoms with E-state index in [4.69, 9.17) is 49.6 Å². The van der Waals surface area contributed by atoms with Crippen LogP contribution in [0.5, 0.6) is 0 Å². The van der Waals surface area contributed by atoms with E-state index >= 15 is 0 Å². The number of aromatic amines is 1. The number of hydrogen-bond donors (Lipinski definition) is 3. The first-order valence-corrected chi connectivity index (χ1v) is 55.9. The summed E-state index contributed by atoms with van der Waals surface area (Å²) < 4.78 is 36.4. The molecule has 7 heterocycles. The molecule has 0 bridgehead atoms. The number of carbonyl (C=O) groups is 1. The van der Waals surface area contributed by atoms with Crippen molar-refractivity contribution in [1.82, 2.24) is 15.7 Å². The van der Waals surface area contributed by atoms with Crippen LogP contribution in [0.1, 0.15) is 21.7 Å². The smallest absolute Gasteiger partial charge is 1.00 e. The molecule has 0 aliphatic carbocycles. The van der Waals surface area contributed by atoms with Crippen LogP contribution in [-0.2, 0) is 14.4 Å². The van der Waals surface area contributed by atoms with Gasteiger partial charge in [0.25, 0.3) is 6.47 Å². The van der Waals surface area contributed by atoms with E-state index in [2.05, 4.69) is 398 Å². The molecule has 2 aromatic heterocycles. The van der Waals surface area contributed by atoms with Crippen molar-refractivity contribution in [3.8, 4) is 5.69 Å². The molecule has 0 radical (unpaired) electrons. The molecule has 136 heavy (non-hydrogen) atoms. The SMILES string of the molecule is C.C1CCOC1.Clc1cc(Sc2ccccc2Br)c(Br)c(Sc2ccccc2Br)c1.Clc1cc2c3c(c1)Sc1ccccc1[Si]3(c1ccccc1)c1ccccc1S2.Fc1cc(Cl)cc(F)c1Br.N.O=CO[O-].Sc1ccccc1Br.[H-].[K+].[K+].c1ccc([Si]23c4ccccc4Sc4cc(-n5c6ccccc6c6ccccc65)cc(c42)Sc2ccccc23)cc1.c1ccc2c(c1)[nH]c1ccccc12. The summed E-state index contributed by atoms with van der Waals surface area (Å²) in [7, 11) is -4.89. The molecule has 24 rings (SSSR count). The van der Waals surface area contributed by atoms with Gasteiger partial charge in [-0.2, -0.15) is 0 Å². The largest absolute Gasteiger partial charge is 1.00 e. The molecule has 5 aliphatic rings. The van der Waals surface area contributed by atoms with E-state index in [-0.39, 0.29) is 134 Å². The minimum atomic E-state index is -2.52.